The van der Waals surface area contributed by atoms with Crippen molar-refractivity contribution < 1.29 is 14.3 Å². The van der Waals surface area contributed by atoms with Gasteiger partial charge in [-0.3, -0.25) is 0 Å². The van der Waals surface area contributed by atoms with E-state index >= 15 is 0 Å². The maximum atomic E-state index is 12.9. The van der Waals surface area contributed by atoms with Gasteiger partial charge in [0.15, 0.2) is 5.11 Å². The van der Waals surface area contributed by atoms with E-state index < -0.39 is 18.0 Å². The molecular formula is C25H27N5O3S. The zero-order valence-corrected chi connectivity index (χ0v) is 20.3. The number of hydrogen-bond acceptors (Lipinski definition) is 5. The molecule has 8 nitrogen and oxygen atoms in total. The molecule has 2 amide bonds. The fourth-order valence-corrected chi connectivity index (χ4v) is 4.06. The van der Waals surface area contributed by atoms with Gasteiger partial charge in [0.05, 0.1) is 29.4 Å². The molecule has 0 aliphatic carbocycles. The highest BCUT2D eigenvalue weighted by molar-refractivity contribution is 7.80. The summed E-state index contributed by atoms with van der Waals surface area (Å²) in [5.41, 5.74) is 3.60. The van der Waals surface area contributed by atoms with Gasteiger partial charge in [-0.2, -0.15) is 5.26 Å². The quantitative estimate of drug-likeness (QED) is 0.410. The maximum Gasteiger partial charge on any atom is 0.338 e. The van der Waals surface area contributed by atoms with Crippen LogP contribution in [0.2, 0.25) is 0 Å². The Kier molecular flexibility index (Phi) is 7.87. The molecule has 1 heterocycles. The largest absolute Gasteiger partial charge is 0.459 e. The van der Waals surface area contributed by atoms with Crippen LogP contribution in [0.1, 0.15) is 44.9 Å². The zero-order valence-electron chi connectivity index (χ0n) is 19.5. The van der Waals surface area contributed by atoms with Crippen LogP contribution < -0.4 is 16.0 Å². The van der Waals surface area contributed by atoms with Crippen molar-refractivity contribution in [1.82, 2.24) is 10.2 Å². The van der Waals surface area contributed by atoms with E-state index in [4.69, 9.17) is 22.2 Å². The molecule has 0 bridgehead atoms. The van der Waals surface area contributed by atoms with E-state index in [9.17, 15) is 9.59 Å². The van der Waals surface area contributed by atoms with Gasteiger partial charge in [-0.25, -0.2) is 9.59 Å². The Morgan fingerprint density at radius 3 is 2.47 bits per heavy atom. The molecule has 3 N–H and O–H groups in total. The molecular weight excluding hydrogens is 450 g/mol. The second-order valence-electron chi connectivity index (χ2n) is 7.97. The molecule has 0 spiro atoms. The number of urea groups is 1. The molecule has 2 aromatic carbocycles. The highest BCUT2D eigenvalue weighted by Gasteiger charge is 2.34. The van der Waals surface area contributed by atoms with Gasteiger partial charge in [-0.15, -0.1) is 0 Å². The molecule has 2 aromatic rings. The van der Waals surface area contributed by atoms with Crippen molar-refractivity contribution in [3.05, 3.63) is 70.9 Å². The molecule has 176 valence electrons. The molecule has 0 saturated carbocycles. The summed E-state index contributed by atoms with van der Waals surface area (Å²) in [7, 11) is 0. The Labute approximate surface area is 204 Å². The molecule has 1 aliphatic heterocycles. The van der Waals surface area contributed by atoms with Crippen molar-refractivity contribution in [2.45, 2.75) is 39.8 Å². The van der Waals surface area contributed by atoms with E-state index in [1.165, 1.54) is 0 Å². The number of anilines is 2. The van der Waals surface area contributed by atoms with Crippen LogP contribution in [-0.2, 0) is 9.53 Å². The van der Waals surface area contributed by atoms with E-state index in [1.54, 1.807) is 36.4 Å². The van der Waals surface area contributed by atoms with Gasteiger partial charge in [0.25, 0.3) is 0 Å². The summed E-state index contributed by atoms with van der Waals surface area (Å²) in [5.74, 6) is -0.396. The lowest BCUT2D eigenvalue weighted by molar-refractivity contribution is -0.143. The summed E-state index contributed by atoms with van der Waals surface area (Å²) in [6, 6.07) is 14.9. The Morgan fingerprint density at radius 1 is 1.18 bits per heavy atom. The average Bonchev–Trinajstić information content (AvgIpc) is 2.79. The number of nitriles is 1. The van der Waals surface area contributed by atoms with Gasteiger partial charge in [0.1, 0.15) is 0 Å². The summed E-state index contributed by atoms with van der Waals surface area (Å²) in [4.78, 5) is 27.2. The summed E-state index contributed by atoms with van der Waals surface area (Å²) in [6.45, 7) is 8.07. The monoisotopic (exact) mass is 477 g/mol. The first-order chi connectivity index (χ1) is 16.2. The van der Waals surface area contributed by atoms with Crippen molar-refractivity contribution >= 4 is 40.7 Å². The van der Waals surface area contributed by atoms with E-state index in [0.717, 1.165) is 11.3 Å². The zero-order chi connectivity index (χ0) is 24.8. The molecule has 0 radical (unpaired) electrons. The Balaban J connectivity index is 1.79. The minimum atomic E-state index is -0.474. The van der Waals surface area contributed by atoms with E-state index in [1.807, 2.05) is 50.8 Å². The minimum Gasteiger partial charge on any atom is -0.459 e. The molecule has 0 saturated heterocycles. The molecule has 3 rings (SSSR count). The van der Waals surface area contributed by atoms with Crippen molar-refractivity contribution in [1.29, 1.82) is 5.26 Å². The molecule has 1 aliphatic rings. The number of carbonyl (C=O) groups excluding carboxylic acids is 2. The van der Waals surface area contributed by atoms with Gasteiger partial charge in [-0.1, -0.05) is 18.2 Å². The van der Waals surface area contributed by atoms with Crippen LogP contribution in [-0.4, -0.2) is 34.7 Å². The number of esters is 1. The standard InChI is InChI=1S/C25H27N5O3S/c1-5-30-16(4)21(23(31)33-15(2)3)22(29-25(30)34)18-9-11-19(12-10-18)27-24(32)28-20-8-6-7-17(13-20)14-26/h6-13,15,22H,5H2,1-4H3,(H,29,34)(H2,27,28,32)/t22-/m1/s1. The predicted molar refractivity (Wildman–Crippen MR) is 135 cm³/mol. The fraction of sp³-hybridized carbons (Fsp3) is 0.280. The molecule has 0 aromatic heterocycles. The highest BCUT2D eigenvalue weighted by Crippen LogP contribution is 2.32. The first kappa shape index (κ1) is 24.7. The van der Waals surface area contributed by atoms with Crippen molar-refractivity contribution in [3.63, 3.8) is 0 Å². The molecule has 34 heavy (non-hydrogen) atoms. The summed E-state index contributed by atoms with van der Waals surface area (Å²) < 4.78 is 5.50. The Morgan fingerprint density at radius 2 is 1.85 bits per heavy atom. The topological polar surface area (TPSA) is 106 Å². The normalized spacial score (nSPS) is 15.5. The Hall–Kier alpha value is -3.90. The summed E-state index contributed by atoms with van der Waals surface area (Å²) in [5, 5.41) is 18.2. The number of rotatable bonds is 6. The number of hydrogen-bond donors (Lipinski definition) is 3. The SMILES string of the molecule is CCN1C(=S)N[C@H](c2ccc(NC(=O)Nc3cccc(C#N)c3)cc2)C(C(=O)OC(C)C)=C1C. The van der Waals surface area contributed by atoms with Crippen LogP contribution in [0.15, 0.2) is 59.8 Å². The number of ether oxygens (including phenoxy) is 1. The van der Waals surface area contributed by atoms with Crippen molar-refractivity contribution in [2.24, 2.45) is 0 Å². The number of benzene rings is 2. The Bertz CT molecular complexity index is 1170. The number of thiocarbonyl (C=S) groups is 1. The van der Waals surface area contributed by atoms with E-state index in [2.05, 4.69) is 16.0 Å². The molecule has 0 fully saturated rings. The predicted octanol–water partition coefficient (Wildman–Crippen LogP) is 4.68. The third-order valence-corrected chi connectivity index (χ3v) is 5.56. The van der Waals surface area contributed by atoms with Crippen LogP contribution in [0, 0.1) is 11.3 Å². The second-order valence-corrected chi connectivity index (χ2v) is 8.36. The van der Waals surface area contributed by atoms with E-state index in [0.29, 0.717) is 34.2 Å². The van der Waals surface area contributed by atoms with Gasteiger partial charge in [0.2, 0.25) is 0 Å². The first-order valence-corrected chi connectivity index (χ1v) is 11.3. The van der Waals surface area contributed by atoms with Gasteiger partial charge in [0, 0.05) is 23.6 Å². The molecule has 1 atom stereocenters. The lowest BCUT2D eigenvalue weighted by atomic mass is 9.94. The summed E-state index contributed by atoms with van der Waals surface area (Å²) >= 11 is 5.51. The minimum absolute atomic E-state index is 0.253. The fourth-order valence-electron chi connectivity index (χ4n) is 3.67. The number of nitrogens with one attached hydrogen (secondary N) is 3. The highest BCUT2D eigenvalue weighted by atomic mass is 32.1. The van der Waals surface area contributed by atoms with Crippen molar-refractivity contribution in [2.75, 3.05) is 17.2 Å². The van der Waals surface area contributed by atoms with Gasteiger partial charge in [-0.05, 0) is 75.8 Å². The molecule has 9 heteroatoms. The number of amides is 2. The molecule has 0 unspecified atom stereocenters. The first-order valence-electron chi connectivity index (χ1n) is 10.9. The average molecular weight is 478 g/mol. The lowest BCUT2D eigenvalue weighted by Gasteiger charge is -2.37. The van der Waals surface area contributed by atoms with Gasteiger partial charge < -0.3 is 25.6 Å². The number of carbonyl (C=O) groups is 2. The van der Waals surface area contributed by atoms with Crippen LogP contribution in [0.5, 0.6) is 0 Å². The van der Waals surface area contributed by atoms with Crippen LogP contribution in [0.3, 0.4) is 0 Å². The van der Waals surface area contributed by atoms with Crippen molar-refractivity contribution in [3.8, 4) is 6.07 Å². The third kappa shape index (κ3) is 5.71. The van der Waals surface area contributed by atoms with Crippen LogP contribution in [0.4, 0.5) is 16.2 Å². The smallest absolute Gasteiger partial charge is 0.338 e. The van der Waals surface area contributed by atoms with Crippen LogP contribution in [0.25, 0.3) is 0 Å². The number of nitrogens with zero attached hydrogens (tertiary/aromatic N) is 2. The van der Waals surface area contributed by atoms with Gasteiger partial charge >= 0.3 is 12.0 Å². The van der Waals surface area contributed by atoms with E-state index in [-0.39, 0.29) is 6.10 Å². The third-order valence-electron chi connectivity index (χ3n) is 5.23. The van der Waals surface area contributed by atoms with Crippen LogP contribution >= 0.6 is 12.2 Å². The second kappa shape index (κ2) is 10.8. The maximum absolute atomic E-state index is 12.9. The number of allylic oxidation sites excluding steroid dienone is 1. The summed E-state index contributed by atoms with van der Waals surface area (Å²) in [6.07, 6.45) is -0.253. The lowest BCUT2D eigenvalue weighted by Crippen LogP contribution is -2.47.